The van der Waals surface area contributed by atoms with Crippen LogP contribution in [0.15, 0.2) is 0 Å². The van der Waals surface area contributed by atoms with Crippen LogP contribution in [0.1, 0.15) is 34.1 Å². The van der Waals surface area contributed by atoms with Gasteiger partial charge in [0, 0.05) is 26.8 Å². The lowest BCUT2D eigenvalue weighted by Crippen LogP contribution is -2.45. The summed E-state index contributed by atoms with van der Waals surface area (Å²) in [6, 6.07) is -0.347. The maximum atomic E-state index is 11.6. The Morgan fingerprint density at radius 3 is 2.11 bits per heavy atom. The average molecular weight is 274 g/mol. The normalized spacial score (nSPS) is 12.1. The first-order valence-electron chi connectivity index (χ1n) is 6.35. The third-order valence-corrected chi connectivity index (χ3v) is 2.98. The fourth-order valence-corrected chi connectivity index (χ4v) is 1.23. The maximum Gasteiger partial charge on any atom is 0.314 e. The van der Waals surface area contributed by atoms with Gasteiger partial charge in [-0.3, -0.25) is 4.79 Å². The zero-order valence-corrected chi connectivity index (χ0v) is 12.5. The second-order valence-electron chi connectivity index (χ2n) is 6.13. The van der Waals surface area contributed by atoms with E-state index < -0.39 is 11.4 Å². The predicted octanol–water partition coefficient (Wildman–Crippen LogP) is 1.46. The molecule has 0 spiro atoms. The summed E-state index contributed by atoms with van der Waals surface area (Å²) in [5, 5.41) is 14.2. The molecule has 0 aliphatic heterocycles. The van der Waals surface area contributed by atoms with Gasteiger partial charge in [0.2, 0.25) is 0 Å². The van der Waals surface area contributed by atoms with Crippen molar-refractivity contribution >= 4 is 12.0 Å². The van der Waals surface area contributed by atoms with Crippen molar-refractivity contribution in [3.8, 4) is 0 Å². The molecule has 0 saturated carbocycles. The molecule has 0 heterocycles. The van der Waals surface area contributed by atoms with E-state index in [1.54, 1.807) is 21.0 Å². The van der Waals surface area contributed by atoms with E-state index in [0.717, 1.165) is 6.42 Å². The van der Waals surface area contributed by atoms with Crippen LogP contribution in [0.5, 0.6) is 0 Å². The quantitative estimate of drug-likeness (QED) is 0.625. The van der Waals surface area contributed by atoms with Crippen molar-refractivity contribution in [3.05, 3.63) is 0 Å². The lowest BCUT2D eigenvalue weighted by Gasteiger charge is -2.25. The molecule has 0 atom stereocenters. The highest BCUT2D eigenvalue weighted by atomic mass is 16.5. The summed E-state index contributed by atoms with van der Waals surface area (Å²) in [5.74, 6) is -0.937. The largest absolute Gasteiger partial charge is 0.481 e. The Morgan fingerprint density at radius 2 is 1.63 bits per heavy atom. The Bertz CT molecular complexity index is 314. The summed E-state index contributed by atoms with van der Waals surface area (Å²) < 4.78 is 5.01. The standard InChI is InChI=1S/C13H26N2O4/c1-12(2,6-7-19-5)8-14-11(18)15-9-13(3,4)10(16)17/h6-9H2,1-5H3,(H,16,17)(H2,14,15,18). The van der Waals surface area contributed by atoms with E-state index in [0.29, 0.717) is 13.2 Å². The van der Waals surface area contributed by atoms with E-state index in [9.17, 15) is 9.59 Å². The third kappa shape index (κ3) is 7.66. The highest BCUT2D eigenvalue weighted by Gasteiger charge is 2.27. The zero-order chi connectivity index (χ0) is 15.1. The highest BCUT2D eigenvalue weighted by molar-refractivity contribution is 5.77. The Labute approximate surface area is 114 Å². The molecule has 2 amide bonds. The molecular formula is C13H26N2O4. The van der Waals surface area contributed by atoms with E-state index in [1.807, 2.05) is 13.8 Å². The molecule has 112 valence electrons. The van der Waals surface area contributed by atoms with E-state index in [2.05, 4.69) is 10.6 Å². The van der Waals surface area contributed by atoms with Crippen molar-refractivity contribution in [1.82, 2.24) is 10.6 Å². The van der Waals surface area contributed by atoms with Gasteiger partial charge in [0.15, 0.2) is 0 Å². The Morgan fingerprint density at radius 1 is 1.11 bits per heavy atom. The summed E-state index contributed by atoms with van der Waals surface area (Å²) in [4.78, 5) is 22.5. The fraction of sp³-hybridized carbons (Fsp3) is 0.846. The molecule has 0 bridgehead atoms. The maximum absolute atomic E-state index is 11.6. The number of carboxylic acid groups (broad SMARTS) is 1. The molecule has 3 N–H and O–H groups in total. The van der Waals surface area contributed by atoms with Crippen LogP contribution in [0.3, 0.4) is 0 Å². The molecule has 6 heteroatoms. The topological polar surface area (TPSA) is 87.7 Å². The van der Waals surface area contributed by atoms with Gasteiger partial charge in [-0.15, -0.1) is 0 Å². The summed E-state index contributed by atoms with van der Waals surface area (Å²) in [7, 11) is 1.64. The lowest BCUT2D eigenvalue weighted by molar-refractivity contribution is -0.146. The van der Waals surface area contributed by atoms with Crippen LogP contribution in [0.2, 0.25) is 0 Å². The molecule has 0 saturated heterocycles. The van der Waals surface area contributed by atoms with Crippen LogP contribution in [-0.2, 0) is 9.53 Å². The first-order chi connectivity index (χ1) is 8.60. The van der Waals surface area contributed by atoms with Crippen LogP contribution in [0.25, 0.3) is 0 Å². The number of methoxy groups -OCH3 is 1. The number of carbonyl (C=O) groups is 2. The van der Waals surface area contributed by atoms with Gasteiger partial charge in [0.25, 0.3) is 0 Å². The van der Waals surface area contributed by atoms with E-state index in [4.69, 9.17) is 9.84 Å². The molecular weight excluding hydrogens is 248 g/mol. The number of rotatable bonds is 8. The fourth-order valence-electron chi connectivity index (χ4n) is 1.23. The van der Waals surface area contributed by atoms with Gasteiger partial charge < -0.3 is 20.5 Å². The van der Waals surface area contributed by atoms with Gasteiger partial charge in [-0.05, 0) is 25.7 Å². The minimum absolute atomic E-state index is 0.0599. The van der Waals surface area contributed by atoms with Crippen molar-refractivity contribution < 1.29 is 19.4 Å². The Balaban J connectivity index is 4.03. The van der Waals surface area contributed by atoms with Gasteiger partial charge >= 0.3 is 12.0 Å². The monoisotopic (exact) mass is 274 g/mol. The molecule has 0 aromatic rings. The number of amides is 2. The predicted molar refractivity (Wildman–Crippen MR) is 73.1 cm³/mol. The molecule has 0 radical (unpaired) electrons. The highest BCUT2D eigenvalue weighted by Crippen LogP contribution is 2.18. The van der Waals surface area contributed by atoms with Crippen LogP contribution in [0, 0.1) is 10.8 Å². The number of hydrogen-bond acceptors (Lipinski definition) is 3. The Hall–Kier alpha value is -1.30. The van der Waals surface area contributed by atoms with Gasteiger partial charge in [0.1, 0.15) is 0 Å². The lowest BCUT2D eigenvalue weighted by atomic mass is 9.90. The molecule has 0 rings (SSSR count). The smallest absolute Gasteiger partial charge is 0.314 e. The van der Waals surface area contributed by atoms with E-state index >= 15 is 0 Å². The number of ether oxygens (including phenoxy) is 1. The molecule has 0 aliphatic carbocycles. The first kappa shape index (κ1) is 17.7. The molecule has 0 fully saturated rings. The van der Waals surface area contributed by atoms with Gasteiger partial charge in [-0.2, -0.15) is 0 Å². The van der Waals surface area contributed by atoms with Crippen molar-refractivity contribution in [3.63, 3.8) is 0 Å². The van der Waals surface area contributed by atoms with Gasteiger partial charge in [0.05, 0.1) is 5.41 Å². The van der Waals surface area contributed by atoms with Crippen molar-refractivity contribution in [2.24, 2.45) is 10.8 Å². The van der Waals surface area contributed by atoms with E-state index in [-0.39, 0.29) is 18.0 Å². The third-order valence-electron chi connectivity index (χ3n) is 2.98. The average Bonchev–Trinajstić information content (AvgIpc) is 2.31. The summed E-state index contributed by atoms with van der Waals surface area (Å²) in [6.07, 6.45) is 0.838. The molecule has 6 nitrogen and oxygen atoms in total. The van der Waals surface area contributed by atoms with Crippen LogP contribution in [0.4, 0.5) is 4.79 Å². The second kappa shape index (κ2) is 7.33. The number of urea groups is 1. The van der Waals surface area contributed by atoms with Crippen molar-refractivity contribution in [2.45, 2.75) is 34.1 Å². The SMILES string of the molecule is COCCC(C)(C)CNC(=O)NCC(C)(C)C(=O)O. The summed E-state index contributed by atoms with van der Waals surface area (Å²) in [5.41, 5.74) is -1.03. The Kier molecular flexibility index (Phi) is 6.83. The van der Waals surface area contributed by atoms with Crippen molar-refractivity contribution in [2.75, 3.05) is 26.8 Å². The molecule has 0 unspecified atom stereocenters. The zero-order valence-electron chi connectivity index (χ0n) is 12.5. The molecule has 0 aliphatic rings. The number of carboxylic acids is 1. The number of nitrogens with one attached hydrogen (secondary N) is 2. The number of carbonyl (C=O) groups excluding carboxylic acids is 1. The molecule has 0 aromatic heterocycles. The van der Waals surface area contributed by atoms with Gasteiger partial charge in [-0.25, -0.2) is 4.79 Å². The number of aliphatic carboxylic acids is 1. The van der Waals surface area contributed by atoms with Crippen LogP contribution < -0.4 is 10.6 Å². The first-order valence-corrected chi connectivity index (χ1v) is 6.35. The van der Waals surface area contributed by atoms with Gasteiger partial charge in [-0.1, -0.05) is 13.8 Å². The summed E-state index contributed by atoms with van der Waals surface area (Å²) >= 11 is 0. The van der Waals surface area contributed by atoms with E-state index in [1.165, 1.54) is 0 Å². The van der Waals surface area contributed by atoms with Crippen LogP contribution >= 0.6 is 0 Å². The number of hydrogen-bond donors (Lipinski definition) is 3. The minimum atomic E-state index is -0.969. The summed E-state index contributed by atoms with van der Waals surface area (Å²) in [6.45, 7) is 8.45. The minimum Gasteiger partial charge on any atom is -0.481 e. The second-order valence-corrected chi connectivity index (χ2v) is 6.13. The molecule has 19 heavy (non-hydrogen) atoms. The molecule has 0 aromatic carbocycles. The van der Waals surface area contributed by atoms with Crippen molar-refractivity contribution in [1.29, 1.82) is 0 Å². The van der Waals surface area contributed by atoms with Crippen LogP contribution in [-0.4, -0.2) is 43.9 Å².